The van der Waals surface area contributed by atoms with Gasteiger partial charge in [-0.25, -0.2) is 0 Å². The standard InChI is InChI=1S/C19H20Cl2N2O2/c20-14-7-5-13(6-8-14)19(16-3-1-2-4-17(16)21)23-18(24)11-15-12-25-10-9-22-15/h1-8,15,19,22H,9-12H2,(H,23,24). The zero-order valence-corrected chi connectivity index (χ0v) is 15.2. The van der Waals surface area contributed by atoms with E-state index in [1.54, 1.807) is 0 Å². The first-order valence-corrected chi connectivity index (χ1v) is 8.99. The molecule has 2 aromatic carbocycles. The zero-order chi connectivity index (χ0) is 17.6. The Labute approximate surface area is 157 Å². The van der Waals surface area contributed by atoms with Crippen LogP contribution in [0.5, 0.6) is 0 Å². The van der Waals surface area contributed by atoms with Gasteiger partial charge >= 0.3 is 0 Å². The molecule has 4 nitrogen and oxygen atoms in total. The number of benzene rings is 2. The molecule has 0 radical (unpaired) electrons. The van der Waals surface area contributed by atoms with E-state index >= 15 is 0 Å². The summed E-state index contributed by atoms with van der Waals surface area (Å²) in [5, 5.41) is 7.65. The molecule has 0 saturated carbocycles. The first-order chi connectivity index (χ1) is 12.1. The van der Waals surface area contributed by atoms with Crippen LogP contribution >= 0.6 is 23.2 Å². The van der Waals surface area contributed by atoms with E-state index < -0.39 is 0 Å². The normalized spacial score (nSPS) is 18.6. The van der Waals surface area contributed by atoms with E-state index in [1.165, 1.54) is 0 Å². The van der Waals surface area contributed by atoms with Crippen LogP contribution in [-0.2, 0) is 9.53 Å². The Hall–Kier alpha value is -1.59. The van der Waals surface area contributed by atoms with E-state index in [0.29, 0.717) is 29.7 Å². The summed E-state index contributed by atoms with van der Waals surface area (Å²) < 4.78 is 5.41. The molecule has 1 aliphatic heterocycles. The van der Waals surface area contributed by atoms with Crippen molar-refractivity contribution in [2.45, 2.75) is 18.5 Å². The van der Waals surface area contributed by atoms with Crippen molar-refractivity contribution in [2.24, 2.45) is 0 Å². The summed E-state index contributed by atoms with van der Waals surface area (Å²) in [4.78, 5) is 12.6. The molecule has 0 aliphatic carbocycles. The van der Waals surface area contributed by atoms with Gasteiger partial charge in [-0.1, -0.05) is 53.5 Å². The smallest absolute Gasteiger partial charge is 0.222 e. The zero-order valence-electron chi connectivity index (χ0n) is 13.7. The largest absolute Gasteiger partial charge is 0.378 e. The molecule has 1 amide bonds. The monoisotopic (exact) mass is 378 g/mol. The molecular weight excluding hydrogens is 359 g/mol. The van der Waals surface area contributed by atoms with Crippen molar-refractivity contribution in [3.05, 3.63) is 69.7 Å². The SMILES string of the molecule is O=C(CC1COCCN1)NC(c1ccc(Cl)cc1)c1ccccc1Cl. The predicted molar refractivity (Wildman–Crippen MR) is 100 cm³/mol. The van der Waals surface area contributed by atoms with Crippen LogP contribution in [0.3, 0.4) is 0 Å². The van der Waals surface area contributed by atoms with Crippen LogP contribution in [0, 0.1) is 0 Å². The van der Waals surface area contributed by atoms with Crippen molar-refractivity contribution < 1.29 is 9.53 Å². The van der Waals surface area contributed by atoms with Gasteiger partial charge in [-0.2, -0.15) is 0 Å². The van der Waals surface area contributed by atoms with Crippen molar-refractivity contribution in [3.8, 4) is 0 Å². The quantitative estimate of drug-likeness (QED) is 0.835. The number of rotatable bonds is 5. The van der Waals surface area contributed by atoms with Gasteiger partial charge < -0.3 is 15.4 Å². The van der Waals surface area contributed by atoms with E-state index in [0.717, 1.165) is 17.7 Å². The highest BCUT2D eigenvalue weighted by molar-refractivity contribution is 6.31. The van der Waals surface area contributed by atoms with E-state index in [1.807, 2.05) is 48.5 Å². The molecule has 2 unspecified atom stereocenters. The molecule has 25 heavy (non-hydrogen) atoms. The number of hydrogen-bond acceptors (Lipinski definition) is 3. The molecule has 2 aromatic rings. The molecule has 0 spiro atoms. The minimum absolute atomic E-state index is 0.0332. The predicted octanol–water partition coefficient (Wildman–Crippen LogP) is 3.58. The molecule has 1 fully saturated rings. The first kappa shape index (κ1) is 18.2. The second-order valence-electron chi connectivity index (χ2n) is 6.00. The van der Waals surface area contributed by atoms with Gasteiger partial charge in [0.2, 0.25) is 5.91 Å². The molecule has 2 N–H and O–H groups in total. The Kier molecular flexibility index (Phi) is 6.32. The number of halogens is 2. The van der Waals surface area contributed by atoms with Crippen molar-refractivity contribution in [3.63, 3.8) is 0 Å². The third-order valence-corrected chi connectivity index (χ3v) is 4.75. The number of ether oxygens (including phenoxy) is 1. The minimum Gasteiger partial charge on any atom is -0.378 e. The van der Waals surface area contributed by atoms with Crippen molar-refractivity contribution in [1.82, 2.24) is 10.6 Å². The average Bonchev–Trinajstić information content (AvgIpc) is 2.62. The number of nitrogens with one attached hydrogen (secondary N) is 2. The lowest BCUT2D eigenvalue weighted by Crippen LogP contribution is -2.44. The van der Waals surface area contributed by atoms with E-state index in [-0.39, 0.29) is 18.0 Å². The van der Waals surface area contributed by atoms with Crippen LogP contribution < -0.4 is 10.6 Å². The molecule has 1 saturated heterocycles. The summed E-state index contributed by atoms with van der Waals surface area (Å²) in [6, 6.07) is 14.6. The highest BCUT2D eigenvalue weighted by atomic mass is 35.5. The summed E-state index contributed by atoms with van der Waals surface area (Å²) in [7, 11) is 0. The lowest BCUT2D eigenvalue weighted by atomic mass is 9.98. The number of carbonyl (C=O) groups excluding carboxylic acids is 1. The number of carbonyl (C=O) groups is 1. The molecule has 0 aromatic heterocycles. The van der Waals surface area contributed by atoms with E-state index in [4.69, 9.17) is 27.9 Å². The Morgan fingerprint density at radius 2 is 1.96 bits per heavy atom. The lowest BCUT2D eigenvalue weighted by molar-refractivity contribution is -0.122. The number of morpholine rings is 1. The van der Waals surface area contributed by atoms with Crippen LogP contribution in [0.2, 0.25) is 10.0 Å². The molecule has 6 heteroatoms. The van der Waals surface area contributed by atoms with E-state index in [2.05, 4.69) is 10.6 Å². The van der Waals surface area contributed by atoms with Gasteiger partial charge in [-0.05, 0) is 29.3 Å². The Morgan fingerprint density at radius 3 is 2.64 bits per heavy atom. The van der Waals surface area contributed by atoms with Crippen LogP contribution in [0.1, 0.15) is 23.6 Å². The molecule has 2 atom stereocenters. The maximum atomic E-state index is 12.6. The van der Waals surface area contributed by atoms with Crippen LogP contribution in [-0.4, -0.2) is 31.7 Å². The van der Waals surface area contributed by atoms with Gasteiger partial charge in [0, 0.05) is 29.1 Å². The Balaban J connectivity index is 1.80. The van der Waals surface area contributed by atoms with Crippen molar-refractivity contribution in [1.29, 1.82) is 0 Å². The number of amides is 1. The van der Waals surface area contributed by atoms with Gasteiger partial charge in [0.05, 0.1) is 19.3 Å². The van der Waals surface area contributed by atoms with Gasteiger partial charge in [0.25, 0.3) is 0 Å². The fraction of sp³-hybridized carbons (Fsp3) is 0.316. The maximum absolute atomic E-state index is 12.6. The van der Waals surface area contributed by atoms with E-state index in [9.17, 15) is 4.79 Å². The molecule has 0 bridgehead atoms. The second-order valence-corrected chi connectivity index (χ2v) is 6.85. The van der Waals surface area contributed by atoms with Crippen LogP contribution in [0.4, 0.5) is 0 Å². The van der Waals surface area contributed by atoms with Gasteiger partial charge in [0.15, 0.2) is 0 Å². The Bertz CT molecular complexity index is 716. The van der Waals surface area contributed by atoms with Crippen LogP contribution in [0.15, 0.2) is 48.5 Å². The molecule has 1 aliphatic rings. The highest BCUT2D eigenvalue weighted by Gasteiger charge is 2.22. The molecule has 1 heterocycles. The summed E-state index contributed by atoms with van der Waals surface area (Å²) >= 11 is 12.4. The summed E-state index contributed by atoms with van der Waals surface area (Å²) in [5.41, 5.74) is 1.78. The fourth-order valence-corrected chi connectivity index (χ4v) is 3.27. The average molecular weight is 379 g/mol. The third kappa shape index (κ3) is 4.95. The summed E-state index contributed by atoms with van der Waals surface area (Å²) in [6.07, 6.45) is 0.356. The minimum atomic E-state index is -0.331. The van der Waals surface area contributed by atoms with Crippen molar-refractivity contribution >= 4 is 29.1 Å². The third-order valence-electron chi connectivity index (χ3n) is 4.16. The Morgan fingerprint density at radius 1 is 1.20 bits per heavy atom. The lowest BCUT2D eigenvalue weighted by Gasteiger charge is -2.25. The van der Waals surface area contributed by atoms with Crippen LogP contribution in [0.25, 0.3) is 0 Å². The maximum Gasteiger partial charge on any atom is 0.222 e. The molecule has 132 valence electrons. The van der Waals surface area contributed by atoms with Gasteiger partial charge in [0.1, 0.15) is 0 Å². The summed E-state index contributed by atoms with van der Waals surface area (Å²) in [6.45, 7) is 2.00. The molecular formula is C19H20Cl2N2O2. The topological polar surface area (TPSA) is 50.4 Å². The van der Waals surface area contributed by atoms with Gasteiger partial charge in [-0.15, -0.1) is 0 Å². The molecule has 3 rings (SSSR count). The summed E-state index contributed by atoms with van der Waals surface area (Å²) in [5.74, 6) is -0.0529. The second kappa shape index (κ2) is 8.68. The van der Waals surface area contributed by atoms with Crippen molar-refractivity contribution in [2.75, 3.05) is 19.8 Å². The fourth-order valence-electron chi connectivity index (χ4n) is 2.90. The number of hydrogen-bond donors (Lipinski definition) is 2. The van der Waals surface area contributed by atoms with Gasteiger partial charge in [-0.3, -0.25) is 4.79 Å². The first-order valence-electron chi connectivity index (χ1n) is 8.24. The highest BCUT2D eigenvalue weighted by Crippen LogP contribution is 2.29.